The average Bonchev–Trinajstić information content (AvgIpc) is 2.70. The van der Waals surface area contributed by atoms with E-state index in [1.807, 2.05) is 25.5 Å². The van der Waals surface area contributed by atoms with E-state index in [4.69, 9.17) is 0 Å². The molecule has 4 heteroatoms. The van der Waals surface area contributed by atoms with Crippen molar-refractivity contribution in [2.45, 2.75) is 0 Å². The van der Waals surface area contributed by atoms with Gasteiger partial charge in [-0.05, 0) is 6.07 Å². The number of hydrogen-bond donors (Lipinski definition) is 1. The summed E-state index contributed by atoms with van der Waals surface area (Å²) in [4.78, 5) is 4.28. The lowest BCUT2D eigenvalue weighted by Crippen LogP contribution is -1.95. The molecule has 1 N–H and O–H groups in total. The van der Waals surface area contributed by atoms with Crippen molar-refractivity contribution in [3.63, 3.8) is 0 Å². The second kappa shape index (κ2) is 3.96. The summed E-state index contributed by atoms with van der Waals surface area (Å²) in [6, 6.07) is 1.85. The van der Waals surface area contributed by atoms with Crippen molar-refractivity contribution < 1.29 is 0 Å². The summed E-state index contributed by atoms with van der Waals surface area (Å²) in [5.74, 6) is 0. The van der Waals surface area contributed by atoms with Crippen LogP contribution in [0.1, 0.15) is 5.56 Å². The lowest BCUT2D eigenvalue weighted by molar-refractivity contribution is 0.939. The van der Waals surface area contributed by atoms with Crippen LogP contribution in [0.2, 0.25) is 0 Å². The van der Waals surface area contributed by atoms with E-state index in [-0.39, 0.29) is 0 Å². The van der Waals surface area contributed by atoms with Crippen LogP contribution < -0.4 is 5.32 Å². The third kappa shape index (κ3) is 1.61. The fourth-order valence-electron chi connectivity index (χ4n) is 1.43. The normalized spacial score (nSPS) is 11.7. The van der Waals surface area contributed by atoms with E-state index in [1.54, 1.807) is 23.0 Å². The summed E-state index contributed by atoms with van der Waals surface area (Å²) in [6.45, 7) is 3.77. The van der Waals surface area contributed by atoms with Crippen molar-refractivity contribution in [3.8, 4) is 0 Å². The summed E-state index contributed by atoms with van der Waals surface area (Å²) in [7, 11) is 1.85. The van der Waals surface area contributed by atoms with Crippen LogP contribution in [0.3, 0.4) is 0 Å². The zero-order chi connectivity index (χ0) is 10.7. The fourth-order valence-corrected chi connectivity index (χ4v) is 1.43. The van der Waals surface area contributed by atoms with E-state index in [0.717, 1.165) is 16.8 Å². The molecular weight excluding hydrogens is 188 g/mol. The van der Waals surface area contributed by atoms with Gasteiger partial charge in [0, 0.05) is 36.8 Å². The maximum absolute atomic E-state index is 4.28. The third-order valence-corrected chi connectivity index (χ3v) is 2.11. The van der Waals surface area contributed by atoms with Crippen molar-refractivity contribution in [2.75, 3.05) is 7.05 Å². The lowest BCUT2D eigenvalue weighted by atomic mass is 10.1. The maximum Gasteiger partial charge on any atom is 0.162 e. The molecule has 0 atom stereocenters. The van der Waals surface area contributed by atoms with Crippen LogP contribution in [0.25, 0.3) is 11.2 Å². The SMILES string of the molecule is C=C/C(=C\NC)c1cnn2cccnc12. The largest absolute Gasteiger partial charge is 0.393 e. The third-order valence-electron chi connectivity index (χ3n) is 2.11. The first-order valence-corrected chi connectivity index (χ1v) is 4.65. The fraction of sp³-hybridized carbons (Fsp3) is 0.0909. The van der Waals surface area contributed by atoms with Gasteiger partial charge in [0.25, 0.3) is 0 Å². The number of allylic oxidation sites excluding steroid dienone is 2. The van der Waals surface area contributed by atoms with Crippen LogP contribution in [0.4, 0.5) is 0 Å². The molecule has 0 unspecified atom stereocenters. The van der Waals surface area contributed by atoms with Crippen molar-refractivity contribution >= 4 is 11.2 Å². The van der Waals surface area contributed by atoms with Gasteiger partial charge >= 0.3 is 0 Å². The molecule has 0 saturated heterocycles. The molecule has 0 aliphatic rings. The molecule has 2 heterocycles. The van der Waals surface area contributed by atoms with E-state index < -0.39 is 0 Å². The Morgan fingerprint density at radius 2 is 2.47 bits per heavy atom. The van der Waals surface area contributed by atoms with Crippen molar-refractivity contribution in [1.82, 2.24) is 19.9 Å². The summed E-state index contributed by atoms with van der Waals surface area (Å²) in [5, 5.41) is 7.18. The summed E-state index contributed by atoms with van der Waals surface area (Å²) in [6.07, 6.45) is 9.06. The molecule has 76 valence electrons. The molecule has 2 rings (SSSR count). The van der Waals surface area contributed by atoms with E-state index in [1.165, 1.54) is 0 Å². The van der Waals surface area contributed by atoms with E-state index in [0.29, 0.717) is 0 Å². The van der Waals surface area contributed by atoms with Crippen LogP contribution >= 0.6 is 0 Å². The van der Waals surface area contributed by atoms with E-state index in [9.17, 15) is 0 Å². The Kier molecular flexibility index (Phi) is 2.49. The van der Waals surface area contributed by atoms with Crippen LogP contribution in [-0.2, 0) is 0 Å². The molecule has 15 heavy (non-hydrogen) atoms. The molecule has 0 aliphatic carbocycles. The summed E-state index contributed by atoms with van der Waals surface area (Å²) < 4.78 is 1.74. The average molecular weight is 200 g/mol. The van der Waals surface area contributed by atoms with Gasteiger partial charge in [0.15, 0.2) is 5.65 Å². The zero-order valence-corrected chi connectivity index (χ0v) is 8.51. The molecule has 4 nitrogen and oxygen atoms in total. The summed E-state index contributed by atoms with van der Waals surface area (Å²) >= 11 is 0. The number of rotatable bonds is 3. The molecule has 2 aromatic rings. The molecule has 2 aromatic heterocycles. The minimum atomic E-state index is 0.832. The quantitative estimate of drug-likeness (QED) is 0.763. The monoisotopic (exact) mass is 200 g/mol. The highest BCUT2D eigenvalue weighted by Crippen LogP contribution is 2.18. The highest BCUT2D eigenvalue weighted by Gasteiger charge is 2.06. The van der Waals surface area contributed by atoms with Crippen LogP contribution in [0.5, 0.6) is 0 Å². The Morgan fingerprint density at radius 3 is 3.20 bits per heavy atom. The highest BCUT2D eigenvalue weighted by molar-refractivity contribution is 5.80. The Balaban J connectivity index is 2.61. The molecule has 0 fully saturated rings. The standard InChI is InChI=1S/C11H12N4/c1-3-9(7-12-2)10-8-14-15-6-4-5-13-11(10)15/h3-8,12H,1H2,2H3/b9-7+. The topological polar surface area (TPSA) is 42.2 Å². The zero-order valence-electron chi connectivity index (χ0n) is 8.51. The van der Waals surface area contributed by atoms with Gasteiger partial charge in [-0.1, -0.05) is 12.7 Å². The Labute approximate surface area is 88.0 Å². The molecular formula is C11H12N4. The number of nitrogens with one attached hydrogen (secondary N) is 1. The Hall–Kier alpha value is -2.10. The minimum absolute atomic E-state index is 0.832. The second-order valence-corrected chi connectivity index (χ2v) is 3.04. The van der Waals surface area contributed by atoms with Crippen molar-refractivity contribution in [2.24, 2.45) is 0 Å². The number of nitrogens with zero attached hydrogens (tertiary/aromatic N) is 3. The number of aromatic nitrogens is 3. The maximum atomic E-state index is 4.28. The number of hydrogen-bond acceptors (Lipinski definition) is 3. The van der Waals surface area contributed by atoms with Gasteiger partial charge < -0.3 is 5.32 Å². The van der Waals surface area contributed by atoms with E-state index >= 15 is 0 Å². The van der Waals surface area contributed by atoms with Gasteiger partial charge in [-0.2, -0.15) is 5.10 Å². The molecule has 0 aromatic carbocycles. The molecule has 0 radical (unpaired) electrons. The van der Waals surface area contributed by atoms with Crippen LogP contribution in [0.15, 0.2) is 43.5 Å². The van der Waals surface area contributed by atoms with Gasteiger partial charge in [0.05, 0.1) is 6.20 Å². The van der Waals surface area contributed by atoms with Crippen molar-refractivity contribution in [3.05, 3.63) is 49.1 Å². The minimum Gasteiger partial charge on any atom is -0.393 e. The molecule has 0 saturated carbocycles. The van der Waals surface area contributed by atoms with E-state index in [2.05, 4.69) is 22.0 Å². The first-order valence-electron chi connectivity index (χ1n) is 4.65. The predicted octanol–water partition coefficient (Wildman–Crippen LogP) is 1.48. The second-order valence-electron chi connectivity index (χ2n) is 3.04. The van der Waals surface area contributed by atoms with Crippen LogP contribution in [-0.4, -0.2) is 21.6 Å². The van der Waals surface area contributed by atoms with Gasteiger partial charge in [0.1, 0.15) is 0 Å². The Morgan fingerprint density at radius 1 is 1.60 bits per heavy atom. The van der Waals surface area contributed by atoms with Gasteiger partial charge in [-0.25, -0.2) is 9.50 Å². The molecule has 0 amide bonds. The first kappa shape index (κ1) is 9.45. The first-order chi connectivity index (χ1) is 7.36. The highest BCUT2D eigenvalue weighted by atomic mass is 15.2. The van der Waals surface area contributed by atoms with Gasteiger partial charge in [0.2, 0.25) is 0 Å². The lowest BCUT2D eigenvalue weighted by Gasteiger charge is -1.98. The summed E-state index contributed by atoms with van der Waals surface area (Å²) in [5.41, 5.74) is 2.78. The molecule has 0 spiro atoms. The Bertz CT molecular complexity index is 510. The molecule has 0 bridgehead atoms. The van der Waals surface area contributed by atoms with Gasteiger partial charge in [-0.15, -0.1) is 0 Å². The van der Waals surface area contributed by atoms with Crippen molar-refractivity contribution in [1.29, 1.82) is 0 Å². The molecule has 0 aliphatic heterocycles. The van der Waals surface area contributed by atoms with Gasteiger partial charge in [-0.3, -0.25) is 0 Å². The number of fused-ring (bicyclic) bond motifs is 1. The van der Waals surface area contributed by atoms with Crippen LogP contribution in [0, 0.1) is 0 Å². The smallest absolute Gasteiger partial charge is 0.162 e. The predicted molar refractivity (Wildman–Crippen MR) is 60.2 cm³/mol.